The zero-order valence-corrected chi connectivity index (χ0v) is 17.8. The van der Waals surface area contributed by atoms with Gasteiger partial charge in [-0.25, -0.2) is 8.42 Å². The zero-order chi connectivity index (χ0) is 21.6. The van der Waals surface area contributed by atoms with Crippen molar-refractivity contribution < 1.29 is 13.2 Å². The van der Waals surface area contributed by atoms with Gasteiger partial charge in [-0.2, -0.15) is 9.40 Å². The molecule has 0 fully saturated rings. The number of nitrogens with zero attached hydrogens (tertiary/aromatic N) is 4. The Labute approximate surface area is 176 Å². The van der Waals surface area contributed by atoms with E-state index in [4.69, 9.17) is 0 Å². The second-order valence-electron chi connectivity index (χ2n) is 6.57. The number of sulfonamides is 1. The highest BCUT2D eigenvalue weighted by molar-refractivity contribution is 7.89. The topological polar surface area (TPSA) is 97.2 Å². The van der Waals surface area contributed by atoms with Gasteiger partial charge in [0, 0.05) is 49.4 Å². The second kappa shape index (κ2) is 9.64. The first kappa shape index (κ1) is 21.7. The molecule has 1 amide bonds. The van der Waals surface area contributed by atoms with Gasteiger partial charge in [0.1, 0.15) is 0 Å². The van der Waals surface area contributed by atoms with E-state index >= 15 is 0 Å². The smallest absolute Gasteiger partial charge is 0.251 e. The number of hydrogen-bond acceptors (Lipinski definition) is 5. The van der Waals surface area contributed by atoms with Gasteiger partial charge in [-0.3, -0.25) is 14.5 Å². The van der Waals surface area contributed by atoms with Crippen LogP contribution in [0, 0.1) is 0 Å². The minimum absolute atomic E-state index is 0.183. The molecule has 0 spiro atoms. The summed E-state index contributed by atoms with van der Waals surface area (Å²) in [4.78, 5) is 16.5. The van der Waals surface area contributed by atoms with E-state index in [-0.39, 0.29) is 10.8 Å². The number of pyridine rings is 1. The van der Waals surface area contributed by atoms with Crippen LogP contribution >= 0.6 is 0 Å². The molecule has 0 atom stereocenters. The molecule has 0 radical (unpaired) electrons. The number of hydrogen-bond donors (Lipinski definition) is 1. The maximum atomic E-state index is 12.5. The molecule has 0 aliphatic heterocycles. The fourth-order valence-electron chi connectivity index (χ4n) is 3.04. The monoisotopic (exact) mass is 427 g/mol. The molecule has 0 aliphatic carbocycles. The number of nitrogens with one attached hydrogen (secondary N) is 1. The van der Waals surface area contributed by atoms with E-state index in [2.05, 4.69) is 15.4 Å². The molecule has 8 nitrogen and oxygen atoms in total. The van der Waals surface area contributed by atoms with Crippen molar-refractivity contribution in [3.05, 3.63) is 66.6 Å². The molecule has 1 aromatic carbocycles. The summed E-state index contributed by atoms with van der Waals surface area (Å²) in [6, 6.07) is 11.7. The van der Waals surface area contributed by atoms with E-state index in [1.807, 2.05) is 24.4 Å². The number of rotatable bonds is 9. The summed E-state index contributed by atoms with van der Waals surface area (Å²) >= 11 is 0. The first-order valence-electron chi connectivity index (χ1n) is 9.78. The van der Waals surface area contributed by atoms with E-state index in [9.17, 15) is 13.2 Å². The van der Waals surface area contributed by atoms with E-state index in [0.717, 1.165) is 11.3 Å². The predicted molar refractivity (Wildman–Crippen MR) is 114 cm³/mol. The van der Waals surface area contributed by atoms with Crippen LogP contribution in [-0.2, 0) is 16.6 Å². The van der Waals surface area contributed by atoms with Crippen molar-refractivity contribution in [2.75, 3.05) is 19.6 Å². The number of amides is 1. The number of carbonyl (C=O) groups excluding carboxylic acids is 1. The lowest BCUT2D eigenvalue weighted by atomic mass is 10.2. The van der Waals surface area contributed by atoms with Gasteiger partial charge in [-0.05, 0) is 42.5 Å². The van der Waals surface area contributed by atoms with E-state index < -0.39 is 10.0 Å². The lowest BCUT2D eigenvalue weighted by molar-refractivity contribution is 0.0952. The minimum Gasteiger partial charge on any atom is -0.350 e. The summed E-state index contributed by atoms with van der Waals surface area (Å²) in [7, 11) is -3.53. The lowest BCUT2D eigenvalue weighted by Crippen LogP contribution is -2.30. The highest BCUT2D eigenvalue weighted by Gasteiger charge is 2.21. The maximum absolute atomic E-state index is 12.5. The summed E-state index contributed by atoms with van der Waals surface area (Å²) in [5.41, 5.74) is 2.23. The van der Waals surface area contributed by atoms with Crippen molar-refractivity contribution in [1.82, 2.24) is 24.4 Å². The molecule has 2 heterocycles. The van der Waals surface area contributed by atoms with Crippen LogP contribution in [0.5, 0.6) is 0 Å². The van der Waals surface area contributed by atoms with E-state index in [0.29, 0.717) is 31.7 Å². The summed E-state index contributed by atoms with van der Waals surface area (Å²) in [6.07, 6.45) is 5.29. The first-order valence-corrected chi connectivity index (χ1v) is 11.2. The molecule has 30 heavy (non-hydrogen) atoms. The Morgan fingerprint density at radius 3 is 2.33 bits per heavy atom. The van der Waals surface area contributed by atoms with Crippen molar-refractivity contribution in [1.29, 1.82) is 0 Å². The van der Waals surface area contributed by atoms with Gasteiger partial charge >= 0.3 is 0 Å². The summed E-state index contributed by atoms with van der Waals surface area (Å²) in [5.74, 6) is -0.261. The molecule has 3 aromatic rings. The summed E-state index contributed by atoms with van der Waals surface area (Å²) < 4.78 is 28.2. The summed E-state index contributed by atoms with van der Waals surface area (Å²) in [5, 5.41) is 7.32. The maximum Gasteiger partial charge on any atom is 0.251 e. The molecule has 0 unspecified atom stereocenters. The number of benzene rings is 1. The van der Waals surface area contributed by atoms with Crippen LogP contribution in [0.2, 0.25) is 0 Å². The van der Waals surface area contributed by atoms with Crippen LogP contribution in [0.4, 0.5) is 0 Å². The molecular weight excluding hydrogens is 402 g/mol. The standard InChI is InChI=1S/C21H25N5O3S/c1-3-26(4-2)30(28,29)19-7-5-18(6-8-19)21(27)23-14-16-25-15-11-20(24-25)17-9-12-22-13-10-17/h5-13,15H,3-4,14,16H2,1-2H3,(H,23,27). The van der Waals surface area contributed by atoms with Crippen LogP contribution in [0.1, 0.15) is 24.2 Å². The molecule has 0 saturated carbocycles. The van der Waals surface area contributed by atoms with Gasteiger partial charge in [0.15, 0.2) is 0 Å². The molecule has 3 rings (SSSR count). The number of carbonyl (C=O) groups is 1. The molecule has 158 valence electrons. The fourth-order valence-corrected chi connectivity index (χ4v) is 4.50. The first-order chi connectivity index (χ1) is 14.5. The van der Waals surface area contributed by atoms with Crippen molar-refractivity contribution in [3.63, 3.8) is 0 Å². The zero-order valence-electron chi connectivity index (χ0n) is 17.0. The van der Waals surface area contributed by atoms with Crippen LogP contribution in [0.15, 0.2) is 66.0 Å². The van der Waals surface area contributed by atoms with Crippen LogP contribution in [-0.4, -0.2) is 53.0 Å². The second-order valence-corrected chi connectivity index (χ2v) is 8.51. The average molecular weight is 428 g/mol. The summed E-state index contributed by atoms with van der Waals surface area (Å²) in [6.45, 7) is 5.31. The predicted octanol–water partition coefficient (Wildman–Crippen LogP) is 2.41. The molecular formula is C21H25N5O3S. The average Bonchev–Trinajstić information content (AvgIpc) is 3.24. The molecule has 2 aromatic heterocycles. The molecule has 0 bridgehead atoms. The van der Waals surface area contributed by atoms with Crippen molar-refractivity contribution in [2.45, 2.75) is 25.3 Å². The van der Waals surface area contributed by atoms with Crippen LogP contribution in [0.3, 0.4) is 0 Å². The molecule has 0 saturated heterocycles. The SMILES string of the molecule is CCN(CC)S(=O)(=O)c1ccc(C(=O)NCCn2ccc(-c3ccncc3)n2)cc1. The Morgan fingerprint density at radius 2 is 1.70 bits per heavy atom. The fraction of sp³-hybridized carbons (Fsp3) is 0.286. The Morgan fingerprint density at radius 1 is 1.03 bits per heavy atom. The normalized spacial score (nSPS) is 11.6. The van der Waals surface area contributed by atoms with Crippen molar-refractivity contribution in [2.24, 2.45) is 0 Å². The molecule has 9 heteroatoms. The minimum atomic E-state index is -3.53. The Bertz CT molecular complexity index is 1080. The van der Waals surface area contributed by atoms with Crippen LogP contribution < -0.4 is 5.32 Å². The van der Waals surface area contributed by atoms with E-state index in [1.165, 1.54) is 28.6 Å². The van der Waals surface area contributed by atoms with Gasteiger partial charge in [0.2, 0.25) is 10.0 Å². The van der Waals surface area contributed by atoms with Crippen molar-refractivity contribution in [3.8, 4) is 11.3 Å². The highest BCUT2D eigenvalue weighted by Crippen LogP contribution is 2.16. The van der Waals surface area contributed by atoms with Crippen molar-refractivity contribution >= 4 is 15.9 Å². The molecule has 0 aliphatic rings. The Hall–Kier alpha value is -3.04. The lowest BCUT2D eigenvalue weighted by Gasteiger charge is -2.18. The third-order valence-corrected chi connectivity index (χ3v) is 6.77. The Kier molecular flexibility index (Phi) is 6.96. The van der Waals surface area contributed by atoms with Gasteiger partial charge in [0.25, 0.3) is 5.91 Å². The third kappa shape index (κ3) is 4.92. The third-order valence-electron chi connectivity index (χ3n) is 4.70. The highest BCUT2D eigenvalue weighted by atomic mass is 32.2. The largest absolute Gasteiger partial charge is 0.350 e. The quantitative estimate of drug-likeness (QED) is 0.566. The van der Waals surface area contributed by atoms with Gasteiger partial charge in [0.05, 0.1) is 17.1 Å². The van der Waals surface area contributed by atoms with E-state index in [1.54, 1.807) is 30.9 Å². The molecule has 1 N–H and O–H groups in total. The number of aromatic nitrogens is 3. The van der Waals surface area contributed by atoms with Gasteiger partial charge in [-0.1, -0.05) is 13.8 Å². The van der Waals surface area contributed by atoms with Gasteiger partial charge < -0.3 is 5.32 Å². The van der Waals surface area contributed by atoms with Gasteiger partial charge in [-0.15, -0.1) is 0 Å². The van der Waals surface area contributed by atoms with Crippen LogP contribution in [0.25, 0.3) is 11.3 Å². The Balaban J connectivity index is 1.56.